The van der Waals surface area contributed by atoms with Gasteiger partial charge in [0, 0.05) is 10.9 Å². The maximum Gasteiger partial charge on any atom is 0.251 e. The summed E-state index contributed by atoms with van der Waals surface area (Å²) in [4.78, 5) is 14.9. The summed E-state index contributed by atoms with van der Waals surface area (Å²) in [7, 11) is 0. The number of nitrogens with one attached hydrogen (secondary N) is 1. The third-order valence-corrected chi connectivity index (χ3v) is 3.14. The summed E-state index contributed by atoms with van der Waals surface area (Å²) in [6.07, 6.45) is 1.85. The van der Waals surface area contributed by atoms with Crippen molar-refractivity contribution in [3.05, 3.63) is 45.2 Å². The predicted molar refractivity (Wildman–Crippen MR) is 68.0 cm³/mol. The van der Waals surface area contributed by atoms with Crippen LogP contribution in [0.1, 0.15) is 30.0 Å². The Hall–Kier alpha value is -1.57. The van der Waals surface area contributed by atoms with Gasteiger partial charge >= 0.3 is 0 Å². The van der Waals surface area contributed by atoms with Crippen LogP contribution >= 0.6 is 0 Å². The first-order valence-electron chi connectivity index (χ1n) is 5.76. The van der Waals surface area contributed by atoms with E-state index < -0.39 is 0 Å². The van der Waals surface area contributed by atoms with Crippen molar-refractivity contribution in [3.8, 4) is 0 Å². The number of rotatable bonds is 2. The van der Waals surface area contributed by atoms with E-state index in [2.05, 4.69) is 18.0 Å². The molecule has 0 spiro atoms. The molecule has 0 aliphatic carbocycles. The fraction of sp³-hybridized carbons (Fsp3) is 0.357. The average molecular weight is 215 g/mol. The molecule has 0 bridgehead atoms. The minimum Gasteiger partial charge on any atom is -0.321 e. The first kappa shape index (κ1) is 10.9. The molecule has 16 heavy (non-hydrogen) atoms. The van der Waals surface area contributed by atoms with E-state index in [1.165, 1.54) is 5.39 Å². The molecule has 0 saturated carbocycles. The summed E-state index contributed by atoms with van der Waals surface area (Å²) < 4.78 is 0. The minimum atomic E-state index is 0.0705. The zero-order valence-electron chi connectivity index (χ0n) is 10.1. The molecule has 84 valence electrons. The summed E-state index contributed by atoms with van der Waals surface area (Å²) in [5.41, 5.74) is 4.23. The van der Waals surface area contributed by atoms with Gasteiger partial charge in [0.25, 0.3) is 5.56 Å². The number of aromatic amines is 1. The average Bonchev–Trinajstić information content (AvgIpc) is 2.26. The van der Waals surface area contributed by atoms with Gasteiger partial charge in [-0.3, -0.25) is 4.79 Å². The van der Waals surface area contributed by atoms with Gasteiger partial charge in [-0.05, 0) is 31.4 Å². The lowest BCUT2D eigenvalue weighted by Gasteiger charge is -2.09. The van der Waals surface area contributed by atoms with Crippen molar-refractivity contribution in [2.45, 2.75) is 33.6 Å². The highest BCUT2D eigenvalue weighted by Crippen LogP contribution is 2.20. The van der Waals surface area contributed by atoms with Crippen molar-refractivity contribution < 1.29 is 0 Å². The van der Waals surface area contributed by atoms with Crippen molar-refractivity contribution in [1.29, 1.82) is 0 Å². The largest absolute Gasteiger partial charge is 0.321 e. The van der Waals surface area contributed by atoms with Gasteiger partial charge < -0.3 is 4.98 Å². The molecule has 0 aliphatic heterocycles. The zero-order valence-corrected chi connectivity index (χ0v) is 10.1. The van der Waals surface area contributed by atoms with Crippen molar-refractivity contribution in [3.63, 3.8) is 0 Å². The van der Waals surface area contributed by atoms with Gasteiger partial charge in [-0.25, -0.2) is 0 Å². The van der Waals surface area contributed by atoms with E-state index in [1.807, 2.05) is 26.0 Å². The quantitative estimate of drug-likeness (QED) is 0.820. The lowest BCUT2D eigenvalue weighted by molar-refractivity contribution is 0.896. The number of aromatic nitrogens is 1. The smallest absolute Gasteiger partial charge is 0.251 e. The molecule has 0 radical (unpaired) electrons. The van der Waals surface area contributed by atoms with E-state index >= 15 is 0 Å². The monoisotopic (exact) mass is 215 g/mol. The Morgan fingerprint density at radius 1 is 1.25 bits per heavy atom. The first-order chi connectivity index (χ1) is 7.65. The Labute approximate surface area is 95.3 Å². The van der Waals surface area contributed by atoms with E-state index in [4.69, 9.17) is 0 Å². The van der Waals surface area contributed by atoms with Crippen molar-refractivity contribution in [1.82, 2.24) is 4.98 Å². The molecule has 2 heteroatoms. The number of pyridine rings is 1. The normalized spacial score (nSPS) is 10.9. The van der Waals surface area contributed by atoms with Crippen LogP contribution in [0.25, 0.3) is 10.9 Å². The van der Waals surface area contributed by atoms with E-state index in [1.54, 1.807) is 0 Å². The highest BCUT2D eigenvalue weighted by atomic mass is 16.1. The summed E-state index contributed by atoms with van der Waals surface area (Å²) in [5.74, 6) is 0. The van der Waals surface area contributed by atoms with Crippen LogP contribution in [0.4, 0.5) is 0 Å². The van der Waals surface area contributed by atoms with Crippen LogP contribution in [0.15, 0.2) is 23.0 Å². The molecule has 0 amide bonds. The molecule has 0 atom stereocenters. The molecule has 2 aromatic rings. The summed E-state index contributed by atoms with van der Waals surface area (Å²) in [5, 5.41) is 1.17. The topological polar surface area (TPSA) is 32.9 Å². The van der Waals surface area contributed by atoms with Gasteiger partial charge in [0.15, 0.2) is 0 Å². The van der Waals surface area contributed by atoms with Crippen LogP contribution < -0.4 is 5.56 Å². The van der Waals surface area contributed by atoms with Crippen LogP contribution in [-0.4, -0.2) is 4.98 Å². The second-order valence-corrected chi connectivity index (χ2v) is 4.31. The van der Waals surface area contributed by atoms with Crippen LogP contribution in [-0.2, 0) is 6.42 Å². The molecule has 0 saturated heterocycles. The summed E-state index contributed by atoms with van der Waals surface area (Å²) in [6.45, 7) is 6.17. The van der Waals surface area contributed by atoms with Gasteiger partial charge in [-0.1, -0.05) is 31.5 Å². The van der Waals surface area contributed by atoms with E-state index in [0.29, 0.717) is 0 Å². The van der Waals surface area contributed by atoms with Gasteiger partial charge in [0.1, 0.15) is 0 Å². The van der Waals surface area contributed by atoms with Gasteiger partial charge in [0.2, 0.25) is 0 Å². The minimum absolute atomic E-state index is 0.0705. The van der Waals surface area contributed by atoms with Crippen molar-refractivity contribution in [2.75, 3.05) is 0 Å². The maximum atomic E-state index is 11.9. The molecule has 1 heterocycles. The van der Waals surface area contributed by atoms with E-state index in [0.717, 1.165) is 35.0 Å². The van der Waals surface area contributed by atoms with Gasteiger partial charge in [0.05, 0.1) is 5.52 Å². The second-order valence-electron chi connectivity index (χ2n) is 4.31. The van der Waals surface area contributed by atoms with Crippen LogP contribution in [0, 0.1) is 13.8 Å². The number of benzene rings is 1. The number of para-hydroxylation sites is 1. The molecule has 2 rings (SSSR count). The number of hydrogen-bond donors (Lipinski definition) is 1. The SMILES string of the molecule is CCCc1c(C)c2cccc(C)c2[nH]c1=O. The summed E-state index contributed by atoms with van der Waals surface area (Å²) in [6, 6.07) is 6.14. The number of hydrogen-bond acceptors (Lipinski definition) is 1. The Balaban J connectivity index is 2.84. The molecule has 2 nitrogen and oxygen atoms in total. The fourth-order valence-corrected chi connectivity index (χ4v) is 2.22. The zero-order chi connectivity index (χ0) is 11.7. The maximum absolute atomic E-state index is 11.9. The fourth-order valence-electron chi connectivity index (χ4n) is 2.22. The predicted octanol–water partition coefficient (Wildman–Crippen LogP) is 3.10. The first-order valence-corrected chi connectivity index (χ1v) is 5.76. The Bertz CT molecular complexity index is 581. The van der Waals surface area contributed by atoms with Crippen LogP contribution in [0.3, 0.4) is 0 Å². The lowest BCUT2D eigenvalue weighted by Crippen LogP contribution is -2.15. The highest BCUT2D eigenvalue weighted by Gasteiger charge is 2.08. The van der Waals surface area contributed by atoms with Crippen LogP contribution in [0.2, 0.25) is 0 Å². The third-order valence-electron chi connectivity index (χ3n) is 3.14. The Morgan fingerprint density at radius 3 is 2.69 bits per heavy atom. The molecule has 1 N–H and O–H groups in total. The van der Waals surface area contributed by atoms with Crippen molar-refractivity contribution in [2.24, 2.45) is 0 Å². The number of fused-ring (bicyclic) bond motifs is 1. The molecular formula is C14H17NO. The molecule has 1 aromatic heterocycles. The van der Waals surface area contributed by atoms with E-state index in [-0.39, 0.29) is 5.56 Å². The van der Waals surface area contributed by atoms with Crippen molar-refractivity contribution >= 4 is 10.9 Å². The lowest BCUT2D eigenvalue weighted by atomic mass is 10.00. The molecule has 0 unspecified atom stereocenters. The molecule has 0 aliphatic rings. The molecule has 1 aromatic carbocycles. The standard InChI is InChI=1S/C14H17NO/c1-4-6-12-10(3)11-8-5-7-9(2)13(11)15-14(12)16/h5,7-8H,4,6H2,1-3H3,(H,15,16). The van der Waals surface area contributed by atoms with Gasteiger partial charge in [-0.2, -0.15) is 0 Å². The summed E-state index contributed by atoms with van der Waals surface area (Å²) >= 11 is 0. The van der Waals surface area contributed by atoms with Gasteiger partial charge in [-0.15, -0.1) is 0 Å². The number of aryl methyl sites for hydroxylation is 2. The number of H-pyrrole nitrogens is 1. The third kappa shape index (κ3) is 1.64. The second kappa shape index (κ2) is 4.12. The molecular weight excluding hydrogens is 198 g/mol. The Kier molecular flexibility index (Phi) is 2.82. The Morgan fingerprint density at radius 2 is 2.00 bits per heavy atom. The van der Waals surface area contributed by atoms with Crippen LogP contribution in [0.5, 0.6) is 0 Å². The highest BCUT2D eigenvalue weighted by molar-refractivity contribution is 5.85. The van der Waals surface area contributed by atoms with E-state index in [9.17, 15) is 4.79 Å². The molecule has 0 fully saturated rings.